The van der Waals surface area contributed by atoms with E-state index in [0.717, 1.165) is 35.4 Å². The lowest BCUT2D eigenvalue weighted by Gasteiger charge is -2.08. The molecular formula is C18H20N4OS. The van der Waals surface area contributed by atoms with Gasteiger partial charge in [-0.05, 0) is 30.7 Å². The zero-order valence-electron chi connectivity index (χ0n) is 13.6. The Morgan fingerprint density at radius 2 is 2.04 bits per heavy atom. The highest BCUT2D eigenvalue weighted by Crippen LogP contribution is 2.20. The van der Waals surface area contributed by atoms with E-state index in [-0.39, 0.29) is 5.91 Å². The number of hydrogen-bond acceptors (Lipinski definition) is 4. The lowest BCUT2D eigenvalue weighted by molar-refractivity contribution is -0.113. The summed E-state index contributed by atoms with van der Waals surface area (Å²) in [5, 5.41) is 2.94. The normalized spacial score (nSPS) is 10.9. The number of thioether (sulfide) groups is 1. The number of rotatable bonds is 7. The number of benzene rings is 1. The summed E-state index contributed by atoms with van der Waals surface area (Å²) in [6.07, 6.45) is 2.75. The number of imidazole rings is 1. The number of fused-ring (bicyclic) bond motifs is 1. The van der Waals surface area contributed by atoms with Crippen molar-refractivity contribution in [1.82, 2.24) is 14.5 Å². The Balaban J connectivity index is 1.63. The number of carbonyl (C=O) groups excluding carboxylic acids is 1. The maximum Gasteiger partial charge on any atom is 0.236 e. The van der Waals surface area contributed by atoms with Crippen molar-refractivity contribution in [1.29, 1.82) is 0 Å². The first kappa shape index (κ1) is 16.5. The van der Waals surface area contributed by atoms with Crippen molar-refractivity contribution in [2.24, 2.45) is 0 Å². The number of anilines is 1. The number of hydrogen-bond donors (Lipinski definition) is 1. The molecule has 3 rings (SSSR count). The summed E-state index contributed by atoms with van der Waals surface area (Å²) in [7, 11) is 0. The Morgan fingerprint density at radius 3 is 2.83 bits per heavy atom. The van der Waals surface area contributed by atoms with Crippen molar-refractivity contribution in [2.45, 2.75) is 25.6 Å². The SMILES string of the molecule is CCCn1c(NC(=O)CSCc2ccccn2)nc2ccccc21. The van der Waals surface area contributed by atoms with Crippen LogP contribution < -0.4 is 5.32 Å². The fourth-order valence-electron chi connectivity index (χ4n) is 2.51. The van der Waals surface area contributed by atoms with Crippen LogP contribution in [0.4, 0.5) is 5.95 Å². The summed E-state index contributed by atoms with van der Waals surface area (Å²) in [6, 6.07) is 13.8. The molecule has 2 heterocycles. The molecule has 5 nitrogen and oxygen atoms in total. The highest BCUT2D eigenvalue weighted by atomic mass is 32.2. The van der Waals surface area contributed by atoms with E-state index < -0.39 is 0 Å². The van der Waals surface area contributed by atoms with E-state index in [4.69, 9.17) is 0 Å². The van der Waals surface area contributed by atoms with Crippen LogP contribution in [-0.4, -0.2) is 26.2 Å². The summed E-state index contributed by atoms with van der Waals surface area (Å²) in [5.41, 5.74) is 2.94. The molecule has 0 spiro atoms. The Labute approximate surface area is 145 Å². The Kier molecular flexibility index (Phi) is 5.48. The van der Waals surface area contributed by atoms with E-state index in [2.05, 4.69) is 26.8 Å². The average Bonchev–Trinajstić information content (AvgIpc) is 2.94. The van der Waals surface area contributed by atoms with Gasteiger partial charge >= 0.3 is 0 Å². The van der Waals surface area contributed by atoms with Crippen molar-refractivity contribution >= 4 is 34.7 Å². The minimum absolute atomic E-state index is 0.0383. The van der Waals surface area contributed by atoms with Crippen LogP contribution >= 0.6 is 11.8 Å². The lowest BCUT2D eigenvalue weighted by atomic mass is 10.3. The number of pyridine rings is 1. The molecule has 1 N–H and O–H groups in total. The number of para-hydroxylation sites is 2. The minimum atomic E-state index is -0.0383. The molecule has 0 radical (unpaired) electrons. The van der Waals surface area contributed by atoms with E-state index in [0.29, 0.717) is 11.7 Å². The maximum atomic E-state index is 12.2. The molecule has 24 heavy (non-hydrogen) atoms. The van der Waals surface area contributed by atoms with Gasteiger partial charge in [0, 0.05) is 18.5 Å². The van der Waals surface area contributed by atoms with Crippen LogP contribution in [0.5, 0.6) is 0 Å². The van der Waals surface area contributed by atoms with E-state index in [9.17, 15) is 4.79 Å². The third-order valence-corrected chi connectivity index (χ3v) is 4.53. The molecule has 3 aromatic rings. The van der Waals surface area contributed by atoms with Crippen LogP contribution in [0.25, 0.3) is 11.0 Å². The van der Waals surface area contributed by atoms with Gasteiger partial charge in [0.25, 0.3) is 0 Å². The molecule has 2 aromatic heterocycles. The van der Waals surface area contributed by atoms with Crippen molar-refractivity contribution in [2.75, 3.05) is 11.1 Å². The summed E-state index contributed by atoms with van der Waals surface area (Å²) >= 11 is 1.55. The van der Waals surface area contributed by atoms with Gasteiger partial charge in [-0.3, -0.25) is 15.1 Å². The molecular weight excluding hydrogens is 320 g/mol. The molecule has 124 valence electrons. The first-order valence-electron chi connectivity index (χ1n) is 8.00. The standard InChI is InChI=1S/C18H20N4OS/c1-2-11-22-16-9-4-3-8-15(16)20-18(22)21-17(23)13-24-12-14-7-5-6-10-19-14/h3-10H,2,11-13H2,1H3,(H,20,21,23). The molecule has 0 unspecified atom stereocenters. The van der Waals surface area contributed by atoms with Crippen molar-refractivity contribution in [3.05, 3.63) is 54.4 Å². The molecule has 0 atom stereocenters. The van der Waals surface area contributed by atoms with Crippen LogP contribution in [0, 0.1) is 0 Å². The lowest BCUT2D eigenvalue weighted by Crippen LogP contribution is -2.18. The van der Waals surface area contributed by atoms with Crippen LogP contribution in [0.3, 0.4) is 0 Å². The Hall–Kier alpha value is -2.34. The van der Waals surface area contributed by atoms with Crippen LogP contribution in [0.15, 0.2) is 48.7 Å². The van der Waals surface area contributed by atoms with Crippen LogP contribution in [0.1, 0.15) is 19.0 Å². The van der Waals surface area contributed by atoms with Gasteiger partial charge in [0.15, 0.2) is 0 Å². The summed E-state index contributed by atoms with van der Waals surface area (Å²) in [6.45, 7) is 2.94. The number of amides is 1. The van der Waals surface area contributed by atoms with Crippen LogP contribution in [-0.2, 0) is 17.1 Å². The zero-order valence-corrected chi connectivity index (χ0v) is 14.4. The molecule has 1 amide bonds. The molecule has 0 aliphatic heterocycles. The minimum Gasteiger partial charge on any atom is -0.310 e. The quantitative estimate of drug-likeness (QED) is 0.712. The van der Waals surface area contributed by atoms with E-state index in [1.54, 1.807) is 18.0 Å². The van der Waals surface area contributed by atoms with Crippen molar-refractivity contribution in [3.63, 3.8) is 0 Å². The van der Waals surface area contributed by atoms with Gasteiger partial charge in [0.2, 0.25) is 11.9 Å². The van der Waals surface area contributed by atoms with Gasteiger partial charge in [-0.25, -0.2) is 4.98 Å². The fraction of sp³-hybridized carbons (Fsp3) is 0.278. The first-order chi connectivity index (χ1) is 11.8. The number of carbonyl (C=O) groups is 1. The molecule has 0 aliphatic rings. The highest BCUT2D eigenvalue weighted by Gasteiger charge is 2.12. The molecule has 6 heteroatoms. The zero-order chi connectivity index (χ0) is 16.8. The second-order valence-electron chi connectivity index (χ2n) is 5.44. The van der Waals surface area contributed by atoms with Gasteiger partial charge < -0.3 is 4.57 Å². The molecule has 0 saturated carbocycles. The predicted molar refractivity (Wildman–Crippen MR) is 99.1 cm³/mol. The second kappa shape index (κ2) is 7.97. The predicted octanol–water partition coefficient (Wildman–Crippen LogP) is 3.71. The smallest absolute Gasteiger partial charge is 0.236 e. The average molecular weight is 340 g/mol. The third kappa shape index (κ3) is 3.94. The number of aromatic nitrogens is 3. The van der Waals surface area contributed by atoms with Gasteiger partial charge in [0.05, 0.1) is 22.5 Å². The maximum absolute atomic E-state index is 12.2. The van der Waals surface area contributed by atoms with Gasteiger partial charge in [-0.1, -0.05) is 25.1 Å². The van der Waals surface area contributed by atoms with Crippen molar-refractivity contribution < 1.29 is 4.79 Å². The summed E-state index contributed by atoms with van der Waals surface area (Å²) in [4.78, 5) is 21.0. The second-order valence-corrected chi connectivity index (χ2v) is 6.42. The third-order valence-electron chi connectivity index (χ3n) is 3.56. The van der Waals surface area contributed by atoms with Gasteiger partial charge in [0.1, 0.15) is 0 Å². The monoisotopic (exact) mass is 340 g/mol. The number of nitrogens with one attached hydrogen (secondary N) is 1. The molecule has 0 saturated heterocycles. The Morgan fingerprint density at radius 1 is 1.21 bits per heavy atom. The summed E-state index contributed by atoms with van der Waals surface area (Å²) < 4.78 is 2.07. The van der Waals surface area contributed by atoms with Crippen molar-refractivity contribution in [3.8, 4) is 0 Å². The fourth-order valence-corrected chi connectivity index (χ4v) is 3.25. The molecule has 1 aromatic carbocycles. The highest BCUT2D eigenvalue weighted by molar-refractivity contribution is 7.99. The molecule has 0 fully saturated rings. The van der Waals surface area contributed by atoms with E-state index in [1.165, 1.54) is 0 Å². The summed E-state index contributed by atoms with van der Waals surface area (Å²) in [5.74, 6) is 1.69. The number of aryl methyl sites for hydroxylation is 1. The first-order valence-corrected chi connectivity index (χ1v) is 9.16. The van der Waals surface area contributed by atoms with Crippen LogP contribution in [0.2, 0.25) is 0 Å². The topological polar surface area (TPSA) is 59.8 Å². The number of nitrogens with zero attached hydrogens (tertiary/aromatic N) is 3. The Bertz CT molecular complexity index is 816. The van der Waals surface area contributed by atoms with E-state index in [1.807, 2.05) is 42.5 Å². The van der Waals surface area contributed by atoms with Gasteiger partial charge in [-0.15, -0.1) is 11.8 Å². The molecule has 0 aliphatic carbocycles. The largest absolute Gasteiger partial charge is 0.310 e. The van der Waals surface area contributed by atoms with Gasteiger partial charge in [-0.2, -0.15) is 0 Å². The van der Waals surface area contributed by atoms with E-state index >= 15 is 0 Å². The molecule has 0 bridgehead atoms.